The fourth-order valence-corrected chi connectivity index (χ4v) is 3.64. The number of aromatic nitrogens is 1. The van der Waals surface area contributed by atoms with Crippen molar-refractivity contribution in [3.63, 3.8) is 0 Å². The van der Waals surface area contributed by atoms with Gasteiger partial charge in [-0.15, -0.1) is 0 Å². The van der Waals surface area contributed by atoms with Crippen molar-refractivity contribution >= 4 is 0 Å². The second-order valence-electron chi connectivity index (χ2n) is 7.27. The minimum atomic E-state index is 0.458. The van der Waals surface area contributed by atoms with Gasteiger partial charge in [-0.2, -0.15) is 0 Å². The summed E-state index contributed by atoms with van der Waals surface area (Å²) in [5.41, 5.74) is 5.33. The first-order valence-corrected chi connectivity index (χ1v) is 10.2. The highest BCUT2D eigenvalue weighted by Gasteiger charge is 2.15. The molecule has 0 saturated heterocycles. The third-order valence-corrected chi connectivity index (χ3v) is 5.04. The summed E-state index contributed by atoms with van der Waals surface area (Å²) in [6.45, 7) is 5.96. The lowest BCUT2D eigenvalue weighted by molar-refractivity contribution is 0.297. The SMILES string of the molecule is COc1ccc(CNCc2cc(C)c(OCc3ccccn3)c(C)c2)c(OC)c1OC. The minimum absolute atomic E-state index is 0.458. The normalized spacial score (nSPS) is 10.6. The van der Waals surface area contributed by atoms with E-state index in [9.17, 15) is 0 Å². The highest BCUT2D eigenvalue weighted by molar-refractivity contribution is 5.55. The van der Waals surface area contributed by atoms with E-state index in [-0.39, 0.29) is 0 Å². The van der Waals surface area contributed by atoms with Gasteiger partial charge in [0.25, 0.3) is 0 Å². The summed E-state index contributed by atoms with van der Waals surface area (Å²) in [5.74, 6) is 2.84. The van der Waals surface area contributed by atoms with Crippen molar-refractivity contribution in [1.82, 2.24) is 10.3 Å². The van der Waals surface area contributed by atoms with Gasteiger partial charge >= 0.3 is 0 Å². The zero-order valence-electron chi connectivity index (χ0n) is 18.8. The van der Waals surface area contributed by atoms with E-state index in [0.29, 0.717) is 30.4 Å². The second-order valence-corrected chi connectivity index (χ2v) is 7.27. The molecule has 0 atom stereocenters. The quantitative estimate of drug-likeness (QED) is 0.516. The van der Waals surface area contributed by atoms with E-state index in [4.69, 9.17) is 18.9 Å². The van der Waals surface area contributed by atoms with Crippen LogP contribution in [0.1, 0.15) is 27.9 Å². The van der Waals surface area contributed by atoms with Crippen LogP contribution in [0.5, 0.6) is 23.0 Å². The number of aryl methyl sites for hydroxylation is 2. The van der Waals surface area contributed by atoms with Crippen molar-refractivity contribution in [1.29, 1.82) is 0 Å². The van der Waals surface area contributed by atoms with Crippen LogP contribution in [0.2, 0.25) is 0 Å². The first kappa shape index (κ1) is 22.4. The van der Waals surface area contributed by atoms with Crippen molar-refractivity contribution < 1.29 is 18.9 Å². The van der Waals surface area contributed by atoms with E-state index < -0.39 is 0 Å². The summed E-state index contributed by atoms with van der Waals surface area (Å²) in [6, 6.07) is 14.0. The smallest absolute Gasteiger partial charge is 0.203 e. The Morgan fingerprint density at radius 2 is 1.55 bits per heavy atom. The van der Waals surface area contributed by atoms with Crippen molar-refractivity contribution in [2.24, 2.45) is 0 Å². The van der Waals surface area contributed by atoms with Gasteiger partial charge in [-0.25, -0.2) is 0 Å². The van der Waals surface area contributed by atoms with Crippen LogP contribution >= 0.6 is 0 Å². The number of hydrogen-bond donors (Lipinski definition) is 1. The lowest BCUT2D eigenvalue weighted by atomic mass is 10.1. The summed E-state index contributed by atoms with van der Waals surface area (Å²) < 4.78 is 22.4. The maximum atomic E-state index is 6.03. The standard InChI is InChI=1S/C25H30N2O4/c1-17-12-19(13-18(2)23(17)31-16-21-8-6-7-11-27-21)14-26-15-20-9-10-22(28-3)25(30-5)24(20)29-4/h6-13,26H,14-16H2,1-5H3. The molecule has 0 radical (unpaired) electrons. The average molecular weight is 423 g/mol. The van der Waals surface area contributed by atoms with Gasteiger partial charge in [0.05, 0.1) is 27.0 Å². The number of ether oxygens (including phenoxy) is 4. The largest absolute Gasteiger partial charge is 0.493 e. The van der Waals surface area contributed by atoms with Crippen LogP contribution in [0.15, 0.2) is 48.7 Å². The predicted octanol–water partition coefficient (Wildman–Crippen LogP) is 4.59. The third kappa shape index (κ3) is 5.47. The highest BCUT2D eigenvalue weighted by atomic mass is 16.5. The summed E-state index contributed by atoms with van der Waals surface area (Å²) in [6.07, 6.45) is 1.78. The number of nitrogens with one attached hydrogen (secondary N) is 1. The van der Waals surface area contributed by atoms with Gasteiger partial charge in [0.15, 0.2) is 11.5 Å². The molecule has 2 aromatic carbocycles. The number of hydrogen-bond acceptors (Lipinski definition) is 6. The lowest BCUT2D eigenvalue weighted by Crippen LogP contribution is -2.14. The van der Waals surface area contributed by atoms with Gasteiger partial charge in [-0.1, -0.05) is 24.3 Å². The number of methoxy groups -OCH3 is 3. The molecule has 0 bridgehead atoms. The Morgan fingerprint density at radius 1 is 0.806 bits per heavy atom. The minimum Gasteiger partial charge on any atom is -0.493 e. The Labute approximate surface area is 184 Å². The molecular formula is C25H30N2O4. The molecule has 0 amide bonds. The van der Waals surface area contributed by atoms with Gasteiger partial charge in [0.1, 0.15) is 12.4 Å². The molecule has 164 valence electrons. The molecule has 3 aromatic rings. The molecule has 1 N–H and O–H groups in total. The van der Waals surface area contributed by atoms with Gasteiger partial charge in [0.2, 0.25) is 5.75 Å². The molecule has 6 heteroatoms. The van der Waals surface area contributed by atoms with Crippen LogP contribution in [0.3, 0.4) is 0 Å². The van der Waals surface area contributed by atoms with E-state index in [0.717, 1.165) is 34.7 Å². The molecule has 31 heavy (non-hydrogen) atoms. The van der Waals surface area contributed by atoms with E-state index in [1.54, 1.807) is 27.5 Å². The Hall–Kier alpha value is -3.25. The molecule has 0 aliphatic rings. The molecule has 1 heterocycles. The zero-order valence-corrected chi connectivity index (χ0v) is 18.8. The third-order valence-electron chi connectivity index (χ3n) is 5.04. The van der Waals surface area contributed by atoms with Crippen molar-refractivity contribution in [2.45, 2.75) is 33.5 Å². The molecule has 6 nitrogen and oxygen atoms in total. The molecule has 0 unspecified atom stereocenters. The van der Waals surface area contributed by atoms with E-state index >= 15 is 0 Å². The predicted molar refractivity (Wildman–Crippen MR) is 121 cm³/mol. The summed E-state index contributed by atoms with van der Waals surface area (Å²) in [7, 11) is 4.86. The number of nitrogens with zero attached hydrogens (tertiary/aromatic N) is 1. The Kier molecular flexibility index (Phi) is 7.73. The van der Waals surface area contributed by atoms with E-state index in [2.05, 4.69) is 36.3 Å². The van der Waals surface area contributed by atoms with Crippen LogP contribution in [0.4, 0.5) is 0 Å². The Morgan fingerprint density at radius 3 is 2.16 bits per heavy atom. The van der Waals surface area contributed by atoms with Gasteiger partial charge < -0.3 is 24.3 Å². The molecule has 0 aliphatic heterocycles. The molecule has 3 rings (SSSR count). The lowest BCUT2D eigenvalue weighted by Gasteiger charge is -2.17. The maximum absolute atomic E-state index is 6.03. The van der Waals surface area contributed by atoms with E-state index in [1.165, 1.54) is 5.56 Å². The first-order valence-electron chi connectivity index (χ1n) is 10.2. The highest BCUT2D eigenvalue weighted by Crippen LogP contribution is 2.39. The van der Waals surface area contributed by atoms with Crippen molar-refractivity contribution in [3.8, 4) is 23.0 Å². The van der Waals surface area contributed by atoms with Crippen LogP contribution < -0.4 is 24.3 Å². The van der Waals surface area contributed by atoms with Gasteiger partial charge in [0, 0.05) is 24.8 Å². The number of benzene rings is 2. The average Bonchev–Trinajstić information content (AvgIpc) is 2.78. The molecular weight excluding hydrogens is 392 g/mol. The molecule has 0 spiro atoms. The van der Waals surface area contributed by atoms with Crippen molar-refractivity contribution in [2.75, 3.05) is 21.3 Å². The van der Waals surface area contributed by atoms with Crippen LogP contribution in [0.25, 0.3) is 0 Å². The molecule has 1 aromatic heterocycles. The molecule has 0 aliphatic carbocycles. The Balaban J connectivity index is 1.65. The van der Waals surface area contributed by atoms with Gasteiger partial charge in [-0.3, -0.25) is 4.98 Å². The Bertz CT molecular complexity index is 983. The summed E-state index contributed by atoms with van der Waals surface area (Å²) >= 11 is 0. The molecule has 0 fully saturated rings. The number of pyridine rings is 1. The monoisotopic (exact) mass is 422 g/mol. The topological polar surface area (TPSA) is 61.8 Å². The molecule has 0 saturated carbocycles. The second kappa shape index (κ2) is 10.7. The van der Waals surface area contributed by atoms with Crippen LogP contribution in [0, 0.1) is 13.8 Å². The van der Waals surface area contributed by atoms with E-state index in [1.807, 2.05) is 30.3 Å². The zero-order chi connectivity index (χ0) is 22.2. The van der Waals surface area contributed by atoms with Crippen molar-refractivity contribution in [3.05, 3.63) is 76.6 Å². The fraction of sp³-hybridized carbons (Fsp3) is 0.320. The summed E-state index contributed by atoms with van der Waals surface area (Å²) in [5, 5.41) is 3.49. The fourth-order valence-electron chi connectivity index (χ4n) is 3.64. The van der Waals surface area contributed by atoms with Crippen LogP contribution in [-0.4, -0.2) is 26.3 Å². The summed E-state index contributed by atoms with van der Waals surface area (Å²) in [4.78, 5) is 4.32. The van der Waals surface area contributed by atoms with Gasteiger partial charge in [-0.05, 0) is 48.7 Å². The van der Waals surface area contributed by atoms with Crippen LogP contribution in [-0.2, 0) is 19.7 Å². The number of rotatable bonds is 10. The maximum Gasteiger partial charge on any atom is 0.203 e. The first-order chi connectivity index (χ1) is 15.1.